The van der Waals surface area contributed by atoms with Gasteiger partial charge in [0.2, 0.25) is 0 Å². The topological polar surface area (TPSA) is 63.5 Å². The van der Waals surface area contributed by atoms with Gasteiger partial charge < -0.3 is 15.4 Å². The molecule has 1 aromatic heterocycles. The molecule has 1 aliphatic carbocycles. The number of aromatic nitrogens is 2. The molecule has 0 radical (unpaired) electrons. The molecule has 146 valence electrons. The third-order valence-electron chi connectivity index (χ3n) is 4.86. The Morgan fingerprint density at radius 3 is 2.78 bits per heavy atom. The standard InChI is InChI=1S/C21H31N5O/c1-22-21(23-13-8-14-27-20-11-6-3-7-12-20)24-15-18-16-25-26(17-18)19-9-4-2-5-10-19/h2,4-5,9-10,16-17,20H,3,6-8,11-15H2,1H3,(H2,22,23,24). The molecule has 2 N–H and O–H groups in total. The molecule has 6 nitrogen and oxygen atoms in total. The fourth-order valence-corrected chi connectivity index (χ4v) is 3.34. The van der Waals surface area contributed by atoms with E-state index in [2.05, 4.69) is 20.7 Å². The van der Waals surface area contributed by atoms with Gasteiger partial charge in [0.25, 0.3) is 0 Å². The predicted octanol–water partition coefficient (Wildman–Crippen LogP) is 3.28. The number of benzene rings is 1. The highest BCUT2D eigenvalue weighted by molar-refractivity contribution is 5.79. The van der Waals surface area contributed by atoms with Gasteiger partial charge in [-0.15, -0.1) is 0 Å². The Morgan fingerprint density at radius 2 is 2.00 bits per heavy atom. The van der Waals surface area contributed by atoms with Crippen molar-refractivity contribution < 1.29 is 4.74 Å². The Hall–Kier alpha value is -2.34. The third kappa shape index (κ3) is 6.40. The first-order chi connectivity index (χ1) is 13.3. The summed E-state index contributed by atoms with van der Waals surface area (Å²) >= 11 is 0. The molecule has 0 bridgehead atoms. The van der Waals surface area contributed by atoms with Crippen LogP contribution in [0.5, 0.6) is 0 Å². The van der Waals surface area contributed by atoms with E-state index < -0.39 is 0 Å². The fraction of sp³-hybridized carbons (Fsp3) is 0.524. The molecule has 0 aliphatic heterocycles. The Bertz CT molecular complexity index is 692. The molecular formula is C21H31N5O. The van der Waals surface area contributed by atoms with Crippen LogP contribution in [0.25, 0.3) is 5.69 Å². The first-order valence-electron chi connectivity index (χ1n) is 10.0. The molecule has 0 saturated heterocycles. The first-order valence-corrected chi connectivity index (χ1v) is 10.0. The molecule has 2 aromatic rings. The number of aliphatic imine (C=N–C) groups is 1. The Balaban J connectivity index is 1.34. The van der Waals surface area contributed by atoms with Crippen LogP contribution in [0.1, 0.15) is 44.1 Å². The van der Waals surface area contributed by atoms with Crippen molar-refractivity contribution in [2.75, 3.05) is 20.2 Å². The highest BCUT2D eigenvalue weighted by Gasteiger charge is 2.13. The Labute approximate surface area is 162 Å². The summed E-state index contributed by atoms with van der Waals surface area (Å²) < 4.78 is 7.85. The van der Waals surface area contributed by atoms with Crippen LogP contribution < -0.4 is 10.6 Å². The monoisotopic (exact) mass is 369 g/mol. The number of nitrogens with zero attached hydrogens (tertiary/aromatic N) is 3. The van der Waals surface area contributed by atoms with E-state index in [1.165, 1.54) is 32.1 Å². The molecule has 0 unspecified atom stereocenters. The summed E-state index contributed by atoms with van der Waals surface area (Å²) in [5.74, 6) is 0.806. The van der Waals surface area contributed by atoms with Crippen molar-refractivity contribution in [1.82, 2.24) is 20.4 Å². The molecule has 1 fully saturated rings. The maximum Gasteiger partial charge on any atom is 0.191 e. The largest absolute Gasteiger partial charge is 0.378 e. The number of ether oxygens (including phenoxy) is 1. The van der Waals surface area contributed by atoms with E-state index in [1.54, 1.807) is 7.05 Å². The highest BCUT2D eigenvalue weighted by atomic mass is 16.5. The Morgan fingerprint density at radius 1 is 1.19 bits per heavy atom. The zero-order chi connectivity index (χ0) is 18.7. The van der Waals surface area contributed by atoms with Gasteiger partial charge in [-0.1, -0.05) is 37.5 Å². The van der Waals surface area contributed by atoms with Crippen molar-refractivity contribution in [3.05, 3.63) is 48.3 Å². The second-order valence-electron chi connectivity index (χ2n) is 6.97. The van der Waals surface area contributed by atoms with Crippen molar-refractivity contribution in [2.45, 2.75) is 51.2 Å². The molecule has 6 heteroatoms. The average molecular weight is 370 g/mol. The molecule has 1 saturated carbocycles. The van der Waals surface area contributed by atoms with Crippen molar-refractivity contribution in [3.63, 3.8) is 0 Å². The SMILES string of the molecule is CN=C(NCCCOC1CCCCC1)NCc1cnn(-c2ccccc2)c1. The first kappa shape index (κ1) is 19.4. The van der Waals surface area contributed by atoms with Crippen LogP contribution in [0.15, 0.2) is 47.7 Å². The van der Waals surface area contributed by atoms with Crippen molar-refractivity contribution in [1.29, 1.82) is 0 Å². The van der Waals surface area contributed by atoms with E-state index in [0.29, 0.717) is 12.6 Å². The second kappa shape index (κ2) is 10.7. The maximum absolute atomic E-state index is 5.96. The van der Waals surface area contributed by atoms with E-state index in [1.807, 2.05) is 47.4 Å². The van der Waals surface area contributed by atoms with Gasteiger partial charge in [0.05, 0.1) is 18.0 Å². The number of nitrogens with one attached hydrogen (secondary N) is 2. The fourth-order valence-electron chi connectivity index (χ4n) is 3.34. The average Bonchev–Trinajstić information content (AvgIpc) is 3.20. The lowest BCUT2D eigenvalue weighted by molar-refractivity contribution is 0.0277. The van der Waals surface area contributed by atoms with Crippen LogP contribution in [-0.2, 0) is 11.3 Å². The van der Waals surface area contributed by atoms with Crippen LogP contribution >= 0.6 is 0 Å². The van der Waals surface area contributed by atoms with E-state index >= 15 is 0 Å². The lowest BCUT2D eigenvalue weighted by atomic mass is 9.98. The molecule has 0 spiro atoms. The number of hydrogen-bond donors (Lipinski definition) is 2. The molecular weight excluding hydrogens is 338 g/mol. The van der Waals surface area contributed by atoms with Gasteiger partial charge in [0.15, 0.2) is 5.96 Å². The van der Waals surface area contributed by atoms with E-state index in [0.717, 1.165) is 36.8 Å². The van der Waals surface area contributed by atoms with Gasteiger partial charge in [0, 0.05) is 38.5 Å². The van der Waals surface area contributed by atoms with Crippen LogP contribution in [0.4, 0.5) is 0 Å². The maximum atomic E-state index is 5.96. The number of guanidine groups is 1. The van der Waals surface area contributed by atoms with Crippen molar-refractivity contribution in [3.8, 4) is 5.69 Å². The van der Waals surface area contributed by atoms with Gasteiger partial charge in [0.1, 0.15) is 0 Å². The van der Waals surface area contributed by atoms with Crippen LogP contribution in [-0.4, -0.2) is 42.0 Å². The predicted molar refractivity (Wildman–Crippen MR) is 109 cm³/mol. The van der Waals surface area contributed by atoms with Crippen molar-refractivity contribution in [2.24, 2.45) is 4.99 Å². The van der Waals surface area contributed by atoms with Gasteiger partial charge in [-0.3, -0.25) is 4.99 Å². The van der Waals surface area contributed by atoms with Gasteiger partial charge >= 0.3 is 0 Å². The quantitative estimate of drug-likeness (QED) is 0.426. The van der Waals surface area contributed by atoms with E-state index in [4.69, 9.17) is 4.74 Å². The van der Waals surface area contributed by atoms with E-state index in [-0.39, 0.29) is 0 Å². The molecule has 1 aromatic carbocycles. The smallest absolute Gasteiger partial charge is 0.191 e. The lowest BCUT2D eigenvalue weighted by Gasteiger charge is -2.22. The summed E-state index contributed by atoms with van der Waals surface area (Å²) in [6.45, 7) is 2.36. The van der Waals surface area contributed by atoms with Gasteiger partial charge in [-0.05, 0) is 31.4 Å². The normalized spacial score (nSPS) is 15.7. The minimum atomic E-state index is 0.484. The van der Waals surface area contributed by atoms with Crippen LogP contribution in [0.2, 0.25) is 0 Å². The highest BCUT2D eigenvalue weighted by Crippen LogP contribution is 2.20. The van der Waals surface area contributed by atoms with Crippen molar-refractivity contribution >= 4 is 5.96 Å². The molecule has 27 heavy (non-hydrogen) atoms. The molecule has 3 rings (SSSR count). The summed E-state index contributed by atoms with van der Waals surface area (Å²) in [4.78, 5) is 4.28. The summed E-state index contributed by atoms with van der Waals surface area (Å²) in [5.41, 5.74) is 2.17. The van der Waals surface area contributed by atoms with Crippen LogP contribution in [0, 0.1) is 0 Å². The third-order valence-corrected chi connectivity index (χ3v) is 4.86. The van der Waals surface area contributed by atoms with Gasteiger partial charge in [-0.25, -0.2) is 4.68 Å². The summed E-state index contributed by atoms with van der Waals surface area (Å²) in [7, 11) is 1.79. The zero-order valence-electron chi connectivity index (χ0n) is 16.2. The number of rotatable bonds is 8. The minimum Gasteiger partial charge on any atom is -0.378 e. The Kier molecular flexibility index (Phi) is 7.71. The van der Waals surface area contributed by atoms with Crippen LogP contribution in [0.3, 0.4) is 0 Å². The van der Waals surface area contributed by atoms with Gasteiger partial charge in [-0.2, -0.15) is 5.10 Å². The summed E-state index contributed by atoms with van der Waals surface area (Å²) in [6.07, 6.45) is 11.9. The summed E-state index contributed by atoms with van der Waals surface area (Å²) in [5, 5.41) is 11.1. The molecule has 0 amide bonds. The zero-order valence-corrected chi connectivity index (χ0v) is 16.2. The number of hydrogen-bond acceptors (Lipinski definition) is 3. The minimum absolute atomic E-state index is 0.484. The van der Waals surface area contributed by atoms with E-state index in [9.17, 15) is 0 Å². The molecule has 0 atom stereocenters. The lowest BCUT2D eigenvalue weighted by Crippen LogP contribution is -2.37. The summed E-state index contributed by atoms with van der Waals surface area (Å²) in [6, 6.07) is 10.1. The second-order valence-corrected chi connectivity index (χ2v) is 6.97. The number of para-hydroxylation sites is 1. The molecule has 1 aliphatic rings. The molecule has 1 heterocycles.